The van der Waals surface area contributed by atoms with E-state index in [1.807, 2.05) is 6.26 Å². The predicted molar refractivity (Wildman–Crippen MR) is 100 cm³/mol. The molecule has 0 aromatic heterocycles. The molecule has 10 heteroatoms. The number of benzene rings is 2. The van der Waals surface area contributed by atoms with Gasteiger partial charge < -0.3 is 14.8 Å². The minimum atomic E-state index is -4.59. The number of carbonyl (C=O) groups is 2. The van der Waals surface area contributed by atoms with Crippen molar-refractivity contribution in [3.63, 3.8) is 0 Å². The van der Waals surface area contributed by atoms with Gasteiger partial charge in [0.05, 0.1) is 23.4 Å². The van der Waals surface area contributed by atoms with Gasteiger partial charge in [0.25, 0.3) is 5.91 Å². The third-order valence-electron chi connectivity index (χ3n) is 3.53. The van der Waals surface area contributed by atoms with E-state index < -0.39 is 30.2 Å². The zero-order valence-corrected chi connectivity index (χ0v) is 16.3. The van der Waals surface area contributed by atoms with Crippen molar-refractivity contribution in [3.05, 3.63) is 52.5 Å². The van der Waals surface area contributed by atoms with Crippen LogP contribution in [0.4, 0.5) is 18.9 Å². The summed E-state index contributed by atoms with van der Waals surface area (Å²) < 4.78 is 48.3. The second-order valence-electron chi connectivity index (χ2n) is 5.38. The highest BCUT2D eigenvalue weighted by Crippen LogP contribution is 2.33. The molecule has 1 amide bonds. The molecule has 1 N–H and O–H groups in total. The van der Waals surface area contributed by atoms with Gasteiger partial charge in [0, 0.05) is 4.90 Å². The van der Waals surface area contributed by atoms with Crippen molar-refractivity contribution >= 4 is 40.9 Å². The number of amides is 1. The molecule has 0 saturated carbocycles. The van der Waals surface area contributed by atoms with Gasteiger partial charge in [-0.2, -0.15) is 13.2 Å². The van der Waals surface area contributed by atoms with E-state index in [2.05, 4.69) is 5.32 Å². The normalized spacial score (nSPS) is 11.1. The molecular formula is C18H15ClF3NO4S. The Hall–Kier alpha value is -2.39. The average Bonchev–Trinajstić information content (AvgIpc) is 2.66. The first-order valence-electron chi connectivity index (χ1n) is 7.71. The van der Waals surface area contributed by atoms with Crippen molar-refractivity contribution in [2.75, 3.05) is 25.3 Å². The van der Waals surface area contributed by atoms with E-state index >= 15 is 0 Å². The summed E-state index contributed by atoms with van der Waals surface area (Å²) in [5, 5.41) is 2.11. The smallest absolute Gasteiger partial charge is 0.416 e. The third kappa shape index (κ3) is 5.56. The van der Waals surface area contributed by atoms with Crippen molar-refractivity contribution in [2.24, 2.45) is 0 Å². The number of ether oxygens (including phenoxy) is 2. The number of nitrogens with one attached hydrogen (secondary N) is 1. The number of esters is 1. The van der Waals surface area contributed by atoms with Crippen LogP contribution in [-0.2, 0) is 15.7 Å². The molecule has 0 saturated heterocycles. The molecule has 0 radical (unpaired) electrons. The SMILES string of the molecule is COc1cc(SC)ccc1C(=O)OCC(=O)Nc1cc(C(F)(F)F)ccc1Cl. The fourth-order valence-corrected chi connectivity index (χ4v) is 2.75. The largest absolute Gasteiger partial charge is 0.496 e. The van der Waals surface area contributed by atoms with Crippen LogP contribution in [0.15, 0.2) is 41.3 Å². The van der Waals surface area contributed by atoms with Crippen LogP contribution in [0.2, 0.25) is 5.02 Å². The molecule has 5 nitrogen and oxygen atoms in total. The highest BCUT2D eigenvalue weighted by Gasteiger charge is 2.31. The van der Waals surface area contributed by atoms with Crippen LogP contribution in [0.3, 0.4) is 0 Å². The summed E-state index contributed by atoms with van der Waals surface area (Å²) in [7, 11) is 1.39. The fraction of sp³-hybridized carbons (Fsp3) is 0.222. The monoisotopic (exact) mass is 433 g/mol. The summed E-state index contributed by atoms with van der Waals surface area (Å²) in [4.78, 5) is 25.0. The first-order valence-corrected chi connectivity index (χ1v) is 9.31. The molecule has 150 valence electrons. The number of anilines is 1. The lowest BCUT2D eigenvalue weighted by molar-refractivity contribution is -0.137. The number of alkyl halides is 3. The molecule has 28 heavy (non-hydrogen) atoms. The molecule has 0 fully saturated rings. The van der Waals surface area contributed by atoms with Gasteiger partial charge in [0.2, 0.25) is 0 Å². The maximum absolute atomic E-state index is 12.8. The van der Waals surface area contributed by atoms with Gasteiger partial charge in [-0.1, -0.05) is 11.6 Å². The number of carbonyl (C=O) groups excluding carboxylic acids is 2. The molecule has 0 unspecified atom stereocenters. The first kappa shape index (κ1) is 21.9. The average molecular weight is 434 g/mol. The van der Waals surface area contributed by atoms with Gasteiger partial charge in [-0.3, -0.25) is 4.79 Å². The summed E-state index contributed by atoms with van der Waals surface area (Å²) in [6, 6.07) is 7.34. The Morgan fingerprint density at radius 3 is 2.50 bits per heavy atom. The Balaban J connectivity index is 2.04. The maximum atomic E-state index is 12.8. The van der Waals surface area contributed by atoms with E-state index in [1.54, 1.807) is 12.1 Å². The third-order valence-corrected chi connectivity index (χ3v) is 4.59. The Bertz CT molecular complexity index is 890. The Morgan fingerprint density at radius 2 is 1.89 bits per heavy atom. The van der Waals surface area contributed by atoms with Crippen LogP contribution in [-0.4, -0.2) is 31.8 Å². The topological polar surface area (TPSA) is 64.6 Å². The van der Waals surface area contributed by atoms with Crippen LogP contribution < -0.4 is 10.1 Å². The number of methoxy groups -OCH3 is 1. The van der Waals surface area contributed by atoms with Gasteiger partial charge >= 0.3 is 12.1 Å². The maximum Gasteiger partial charge on any atom is 0.416 e. The number of rotatable bonds is 6. The second-order valence-corrected chi connectivity index (χ2v) is 6.67. The highest BCUT2D eigenvalue weighted by atomic mass is 35.5. The Labute approximate surface area is 168 Å². The number of thioether (sulfide) groups is 1. The number of hydrogen-bond donors (Lipinski definition) is 1. The van der Waals surface area contributed by atoms with Gasteiger partial charge in [-0.25, -0.2) is 4.79 Å². The van der Waals surface area contributed by atoms with Crippen molar-refractivity contribution in [2.45, 2.75) is 11.1 Å². The second kappa shape index (κ2) is 9.20. The van der Waals surface area contributed by atoms with Gasteiger partial charge in [-0.05, 0) is 42.7 Å². The zero-order valence-electron chi connectivity index (χ0n) is 14.7. The van der Waals surface area contributed by atoms with Crippen molar-refractivity contribution in [1.82, 2.24) is 0 Å². The molecule has 2 aromatic rings. The molecule has 2 aromatic carbocycles. The standard InChI is InChI=1S/C18H15ClF3NO4S/c1-26-15-8-11(28-2)4-5-12(15)17(25)27-9-16(24)23-14-7-10(18(20,21)22)3-6-13(14)19/h3-8H,9H2,1-2H3,(H,23,24). The van der Waals surface area contributed by atoms with Gasteiger partial charge in [0.1, 0.15) is 11.3 Å². The summed E-state index contributed by atoms with van der Waals surface area (Å²) in [5.74, 6) is -1.37. The van der Waals surface area contributed by atoms with Crippen LogP contribution >= 0.6 is 23.4 Å². The Kier molecular flexibility index (Phi) is 7.20. The van der Waals surface area contributed by atoms with E-state index in [1.165, 1.54) is 24.9 Å². The molecule has 2 rings (SSSR count). The Morgan fingerprint density at radius 1 is 1.18 bits per heavy atom. The van der Waals surface area contributed by atoms with Crippen molar-refractivity contribution in [1.29, 1.82) is 0 Å². The molecule has 0 aliphatic rings. The molecule has 0 spiro atoms. The minimum Gasteiger partial charge on any atom is -0.496 e. The lowest BCUT2D eigenvalue weighted by Gasteiger charge is -2.12. The molecule has 0 atom stereocenters. The van der Waals surface area contributed by atoms with E-state index in [0.717, 1.165) is 17.0 Å². The van der Waals surface area contributed by atoms with E-state index in [9.17, 15) is 22.8 Å². The van der Waals surface area contributed by atoms with Crippen LogP contribution in [0, 0.1) is 0 Å². The summed E-state index contributed by atoms with van der Waals surface area (Å²) in [6.45, 7) is -0.709. The van der Waals surface area contributed by atoms with Crippen LogP contribution in [0.5, 0.6) is 5.75 Å². The van der Waals surface area contributed by atoms with E-state index in [-0.39, 0.29) is 22.0 Å². The minimum absolute atomic E-state index is 0.0815. The fourth-order valence-electron chi connectivity index (χ4n) is 2.16. The molecular weight excluding hydrogens is 419 g/mol. The number of hydrogen-bond acceptors (Lipinski definition) is 5. The lowest BCUT2D eigenvalue weighted by atomic mass is 10.2. The van der Waals surface area contributed by atoms with E-state index in [0.29, 0.717) is 6.07 Å². The summed E-state index contributed by atoms with van der Waals surface area (Å²) >= 11 is 7.26. The number of halogens is 4. The van der Waals surface area contributed by atoms with Gasteiger partial charge in [0.15, 0.2) is 6.61 Å². The zero-order chi connectivity index (χ0) is 20.9. The first-order chi connectivity index (χ1) is 13.2. The predicted octanol–water partition coefficient (Wildman–Crippen LogP) is 4.88. The highest BCUT2D eigenvalue weighted by molar-refractivity contribution is 7.98. The van der Waals surface area contributed by atoms with Crippen molar-refractivity contribution < 1.29 is 32.2 Å². The quantitative estimate of drug-likeness (QED) is 0.519. The van der Waals surface area contributed by atoms with Crippen LogP contribution in [0.1, 0.15) is 15.9 Å². The van der Waals surface area contributed by atoms with Gasteiger partial charge in [-0.15, -0.1) is 11.8 Å². The van der Waals surface area contributed by atoms with Crippen molar-refractivity contribution in [3.8, 4) is 5.75 Å². The summed E-state index contributed by atoms with van der Waals surface area (Å²) in [6.07, 6.45) is -2.73. The van der Waals surface area contributed by atoms with Crippen LogP contribution in [0.25, 0.3) is 0 Å². The van der Waals surface area contributed by atoms with E-state index in [4.69, 9.17) is 21.1 Å². The summed E-state index contributed by atoms with van der Waals surface area (Å²) in [5.41, 5.74) is -1.09. The molecule has 0 aliphatic heterocycles. The lowest BCUT2D eigenvalue weighted by Crippen LogP contribution is -2.21. The molecule has 0 heterocycles. The molecule has 0 bridgehead atoms. The molecule has 0 aliphatic carbocycles.